The van der Waals surface area contributed by atoms with Crippen molar-refractivity contribution in [3.63, 3.8) is 0 Å². The first-order valence-electron chi connectivity index (χ1n) is 7.02. The summed E-state index contributed by atoms with van der Waals surface area (Å²) in [5.74, 6) is 0.661. The van der Waals surface area contributed by atoms with Crippen molar-refractivity contribution < 1.29 is 9.32 Å². The molecule has 2 aliphatic heterocycles. The molecule has 2 atom stereocenters. The summed E-state index contributed by atoms with van der Waals surface area (Å²) in [6, 6.07) is 1.51. The minimum Gasteiger partial charge on any atom is -0.361 e. The summed E-state index contributed by atoms with van der Waals surface area (Å²) in [5, 5.41) is 7.47. The molecule has 2 fully saturated rings. The molecule has 0 spiro atoms. The lowest BCUT2D eigenvalue weighted by Gasteiger charge is -2.35. The normalized spacial score (nSPS) is 29.5. The number of aromatic nitrogens is 1. The maximum atomic E-state index is 12.6. The van der Waals surface area contributed by atoms with E-state index in [-0.39, 0.29) is 5.91 Å². The number of aryl methyl sites for hydroxylation is 2. The van der Waals surface area contributed by atoms with E-state index < -0.39 is 0 Å². The number of carbonyl (C=O) groups excluding carboxylic acids is 1. The fraction of sp³-hybridized carbons (Fsp3) is 0.714. The Labute approximate surface area is 113 Å². The van der Waals surface area contributed by atoms with Gasteiger partial charge in [0.1, 0.15) is 11.3 Å². The van der Waals surface area contributed by atoms with Gasteiger partial charge >= 0.3 is 0 Å². The minimum atomic E-state index is 0.0440. The second kappa shape index (κ2) is 4.63. The van der Waals surface area contributed by atoms with Crippen molar-refractivity contribution in [3.05, 3.63) is 17.0 Å². The van der Waals surface area contributed by atoms with Gasteiger partial charge in [0.25, 0.3) is 5.91 Å². The molecule has 2 saturated heterocycles. The summed E-state index contributed by atoms with van der Waals surface area (Å²) >= 11 is 0. The first-order chi connectivity index (χ1) is 9.06. The van der Waals surface area contributed by atoms with Gasteiger partial charge in [-0.05, 0) is 39.5 Å². The molecule has 2 unspecified atom stereocenters. The van der Waals surface area contributed by atoms with Crippen LogP contribution in [0.1, 0.15) is 47.5 Å². The molecule has 3 heterocycles. The number of fused-ring (bicyclic) bond motifs is 2. The quantitative estimate of drug-likeness (QED) is 0.881. The molecule has 5 nitrogen and oxygen atoms in total. The van der Waals surface area contributed by atoms with Crippen LogP contribution in [-0.2, 0) is 0 Å². The zero-order valence-electron chi connectivity index (χ0n) is 11.8. The predicted molar refractivity (Wildman–Crippen MR) is 71.0 cm³/mol. The van der Waals surface area contributed by atoms with E-state index in [1.807, 2.05) is 18.9 Å². The number of nitrogens with zero attached hydrogens (tertiary/aromatic N) is 2. The monoisotopic (exact) mass is 263 g/mol. The lowest BCUT2D eigenvalue weighted by atomic mass is 9.98. The van der Waals surface area contributed by atoms with Gasteiger partial charge in [0.15, 0.2) is 0 Å². The van der Waals surface area contributed by atoms with Gasteiger partial charge in [-0.15, -0.1) is 0 Å². The number of rotatable bonds is 2. The summed E-state index contributed by atoms with van der Waals surface area (Å²) in [6.45, 7) is 3.62. The zero-order valence-corrected chi connectivity index (χ0v) is 11.8. The van der Waals surface area contributed by atoms with E-state index in [1.54, 1.807) is 6.92 Å². The zero-order chi connectivity index (χ0) is 13.6. The third kappa shape index (κ3) is 2.16. The van der Waals surface area contributed by atoms with Crippen molar-refractivity contribution in [1.82, 2.24) is 15.4 Å². The molecule has 0 aromatic carbocycles. The average Bonchev–Trinajstić information content (AvgIpc) is 2.90. The lowest BCUT2D eigenvalue weighted by molar-refractivity contribution is 0.0679. The molecule has 1 aromatic heterocycles. The first-order valence-corrected chi connectivity index (χ1v) is 7.02. The van der Waals surface area contributed by atoms with Crippen LogP contribution in [0.2, 0.25) is 0 Å². The molecular formula is C14H21N3O2. The Kier molecular flexibility index (Phi) is 3.09. The van der Waals surface area contributed by atoms with E-state index in [9.17, 15) is 4.79 Å². The predicted octanol–water partition coefficient (Wildman–Crippen LogP) is 1.65. The summed E-state index contributed by atoms with van der Waals surface area (Å²) in [4.78, 5) is 14.5. The van der Waals surface area contributed by atoms with Crippen molar-refractivity contribution >= 4 is 5.91 Å². The SMILES string of the molecule is Cc1noc(C)c1C(=O)N(C)C1CC2CCC(C1)N2. The summed E-state index contributed by atoms with van der Waals surface area (Å²) in [6.07, 6.45) is 4.60. The van der Waals surface area contributed by atoms with Crippen LogP contribution in [-0.4, -0.2) is 41.1 Å². The Bertz CT molecular complexity index is 465. The number of nitrogens with one attached hydrogen (secondary N) is 1. The molecule has 5 heteroatoms. The van der Waals surface area contributed by atoms with Crippen LogP contribution < -0.4 is 5.32 Å². The second-order valence-corrected chi connectivity index (χ2v) is 5.88. The van der Waals surface area contributed by atoms with Crippen molar-refractivity contribution in [2.75, 3.05) is 7.05 Å². The van der Waals surface area contributed by atoms with E-state index in [4.69, 9.17) is 4.52 Å². The molecule has 19 heavy (non-hydrogen) atoms. The maximum absolute atomic E-state index is 12.6. The van der Waals surface area contributed by atoms with E-state index in [0.29, 0.717) is 35.1 Å². The minimum absolute atomic E-state index is 0.0440. The average molecular weight is 263 g/mol. The molecule has 1 amide bonds. The van der Waals surface area contributed by atoms with E-state index >= 15 is 0 Å². The van der Waals surface area contributed by atoms with E-state index in [1.165, 1.54) is 12.8 Å². The van der Waals surface area contributed by atoms with Crippen LogP contribution in [0.4, 0.5) is 0 Å². The molecule has 2 aliphatic rings. The Balaban J connectivity index is 1.77. The molecule has 3 rings (SSSR count). The molecule has 104 valence electrons. The number of amides is 1. The smallest absolute Gasteiger partial charge is 0.259 e. The van der Waals surface area contributed by atoms with Gasteiger partial charge in [0.2, 0.25) is 0 Å². The molecule has 1 aromatic rings. The maximum Gasteiger partial charge on any atom is 0.259 e. The van der Waals surface area contributed by atoms with Crippen LogP contribution in [0.3, 0.4) is 0 Å². The topological polar surface area (TPSA) is 58.4 Å². The first kappa shape index (κ1) is 12.7. The van der Waals surface area contributed by atoms with Crippen LogP contribution in [0.15, 0.2) is 4.52 Å². The Hall–Kier alpha value is -1.36. The van der Waals surface area contributed by atoms with Gasteiger partial charge in [0.05, 0.1) is 5.69 Å². The highest BCUT2D eigenvalue weighted by molar-refractivity contribution is 5.96. The van der Waals surface area contributed by atoms with Crippen molar-refractivity contribution in [3.8, 4) is 0 Å². The van der Waals surface area contributed by atoms with E-state index in [0.717, 1.165) is 12.8 Å². The molecule has 2 bridgehead atoms. The second-order valence-electron chi connectivity index (χ2n) is 5.88. The Morgan fingerprint density at radius 3 is 2.47 bits per heavy atom. The Morgan fingerprint density at radius 2 is 1.95 bits per heavy atom. The number of hydrogen-bond acceptors (Lipinski definition) is 4. The highest BCUT2D eigenvalue weighted by Gasteiger charge is 2.37. The highest BCUT2D eigenvalue weighted by Crippen LogP contribution is 2.30. The fourth-order valence-electron chi connectivity index (χ4n) is 3.47. The van der Waals surface area contributed by atoms with Gasteiger partial charge in [-0.2, -0.15) is 0 Å². The Morgan fingerprint density at radius 1 is 1.32 bits per heavy atom. The van der Waals surface area contributed by atoms with E-state index in [2.05, 4.69) is 10.5 Å². The molecule has 0 saturated carbocycles. The van der Waals surface area contributed by atoms with Crippen LogP contribution >= 0.6 is 0 Å². The molecule has 0 radical (unpaired) electrons. The van der Waals surface area contributed by atoms with Crippen LogP contribution in [0.25, 0.3) is 0 Å². The van der Waals surface area contributed by atoms with Crippen molar-refractivity contribution in [2.45, 2.75) is 57.7 Å². The standard InChI is InChI=1S/C14H21N3O2/c1-8-13(9(2)19-16-8)14(18)17(3)12-6-10-4-5-11(7-12)15-10/h10-12,15H,4-7H2,1-3H3. The van der Waals surface area contributed by atoms with Gasteiger partial charge in [0, 0.05) is 25.2 Å². The third-order valence-electron chi connectivity index (χ3n) is 4.56. The van der Waals surface area contributed by atoms with Crippen molar-refractivity contribution in [1.29, 1.82) is 0 Å². The highest BCUT2D eigenvalue weighted by atomic mass is 16.5. The molecule has 0 aliphatic carbocycles. The number of hydrogen-bond donors (Lipinski definition) is 1. The number of piperidine rings is 1. The van der Waals surface area contributed by atoms with Gasteiger partial charge < -0.3 is 14.7 Å². The van der Waals surface area contributed by atoms with Gasteiger partial charge in [-0.1, -0.05) is 5.16 Å². The van der Waals surface area contributed by atoms with Gasteiger partial charge in [-0.3, -0.25) is 4.79 Å². The van der Waals surface area contributed by atoms with Crippen LogP contribution in [0, 0.1) is 13.8 Å². The fourth-order valence-corrected chi connectivity index (χ4v) is 3.47. The largest absolute Gasteiger partial charge is 0.361 e. The van der Waals surface area contributed by atoms with Crippen LogP contribution in [0.5, 0.6) is 0 Å². The third-order valence-corrected chi connectivity index (χ3v) is 4.56. The summed E-state index contributed by atoms with van der Waals surface area (Å²) in [5.41, 5.74) is 1.32. The molecular weight excluding hydrogens is 242 g/mol. The number of carbonyl (C=O) groups is 1. The van der Waals surface area contributed by atoms with Crippen molar-refractivity contribution in [2.24, 2.45) is 0 Å². The summed E-state index contributed by atoms with van der Waals surface area (Å²) in [7, 11) is 1.91. The molecule has 1 N–H and O–H groups in total. The lowest BCUT2D eigenvalue weighted by Crippen LogP contribution is -2.48. The van der Waals surface area contributed by atoms with Gasteiger partial charge in [-0.25, -0.2) is 0 Å². The summed E-state index contributed by atoms with van der Waals surface area (Å²) < 4.78 is 5.10.